The molecule has 0 bridgehead atoms. The van der Waals surface area contributed by atoms with Crippen LogP contribution in [0.25, 0.3) is 0 Å². The fraction of sp³-hybridized carbons (Fsp3) is 0.417. The van der Waals surface area contributed by atoms with E-state index in [-0.39, 0.29) is 18.1 Å². The maximum atomic E-state index is 12.9. The average molecular weight is 423 g/mol. The molecule has 164 valence electrons. The highest BCUT2D eigenvalue weighted by Crippen LogP contribution is 2.28. The standard InChI is InChI=1S/C24H30N4O3/c1-18(2)30-17-20-9-10-21(31-20)24(29)28-15-13-27(14-16-28)22(19-7-5-4-6-8-19)23-25-11-12-26(23)3/h4-12,18,22H,13-17H2,1-3H3/t22-/m0/s1. The van der Waals surface area contributed by atoms with Crippen LogP contribution >= 0.6 is 0 Å². The van der Waals surface area contributed by atoms with Gasteiger partial charge in [-0.25, -0.2) is 4.98 Å². The Morgan fingerprint density at radius 2 is 1.84 bits per heavy atom. The molecule has 0 unspecified atom stereocenters. The average Bonchev–Trinajstić information content (AvgIpc) is 3.43. The van der Waals surface area contributed by atoms with Crippen LogP contribution in [-0.4, -0.2) is 57.5 Å². The minimum absolute atomic E-state index is 0.0573. The third-order valence-corrected chi connectivity index (χ3v) is 5.62. The first kappa shape index (κ1) is 21.3. The van der Waals surface area contributed by atoms with Crippen molar-refractivity contribution in [3.63, 3.8) is 0 Å². The van der Waals surface area contributed by atoms with E-state index in [0.717, 1.165) is 18.9 Å². The topological polar surface area (TPSA) is 63.7 Å². The Morgan fingerprint density at radius 1 is 1.10 bits per heavy atom. The summed E-state index contributed by atoms with van der Waals surface area (Å²) in [6.07, 6.45) is 3.93. The molecule has 1 saturated heterocycles. The molecule has 3 heterocycles. The van der Waals surface area contributed by atoms with Crippen LogP contribution in [0.5, 0.6) is 0 Å². The van der Waals surface area contributed by atoms with Gasteiger partial charge in [-0.15, -0.1) is 0 Å². The van der Waals surface area contributed by atoms with E-state index in [2.05, 4.69) is 38.7 Å². The van der Waals surface area contributed by atoms with Crippen LogP contribution in [0.2, 0.25) is 0 Å². The third-order valence-electron chi connectivity index (χ3n) is 5.62. The van der Waals surface area contributed by atoms with Crippen LogP contribution in [0, 0.1) is 0 Å². The molecule has 7 nitrogen and oxygen atoms in total. The van der Waals surface area contributed by atoms with Crippen molar-refractivity contribution >= 4 is 5.91 Å². The molecular formula is C24H30N4O3. The maximum absolute atomic E-state index is 12.9. The lowest BCUT2D eigenvalue weighted by atomic mass is 10.0. The number of rotatable bonds is 7. The molecule has 1 aromatic carbocycles. The molecule has 0 aliphatic carbocycles. The van der Waals surface area contributed by atoms with Gasteiger partial charge in [0.1, 0.15) is 18.2 Å². The van der Waals surface area contributed by atoms with Gasteiger partial charge in [-0.1, -0.05) is 30.3 Å². The lowest BCUT2D eigenvalue weighted by Gasteiger charge is -2.39. The molecule has 0 saturated carbocycles. The van der Waals surface area contributed by atoms with Crippen molar-refractivity contribution in [3.8, 4) is 0 Å². The first-order valence-corrected chi connectivity index (χ1v) is 10.8. The second-order valence-corrected chi connectivity index (χ2v) is 8.16. The van der Waals surface area contributed by atoms with Crippen molar-refractivity contribution in [1.29, 1.82) is 0 Å². The number of benzene rings is 1. The molecule has 1 atom stereocenters. The normalized spacial score (nSPS) is 16.1. The van der Waals surface area contributed by atoms with Crippen molar-refractivity contribution in [3.05, 3.63) is 77.8 Å². The summed E-state index contributed by atoms with van der Waals surface area (Å²) in [5.41, 5.74) is 1.21. The number of hydrogen-bond acceptors (Lipinski definition) is 5. The van der Waals surface area contributed by atoms with Gasteiger partial charge in [0.25, 0.3) is 5.91 Å². The zero-order valence-electron chi connectivity index (χ0n) is 18.4. The number of ether oxygens (including phenoxy) is 1. The number of carbonyl (C=O) groups excluding carboxylic acids is 1. The van der Waals surface area contributed by atoms with Crippen molar-refractivity contribution in [2.24, 2.45) is 7.05 Å². The number of hydrogen-bond donors (Lipinski definition) is 0. The quantitative estimate of drug-likeness (QED) is 0.583. The first-order valence-electron chi connectivity index (χ1n) is 10.8. The maximum Gasteiger partial charge on any atom is 0.289 e. The third kappa shape index (κ3) is 4.89. The van der Waals surface area contributed by atoms with Gasteiger partial charge in [-0.3, -0.25) is 9.69 Å². The molecule has 1 aliphatic heterocycles. The lowest BCUT2D eigenvalue weighted by molar-refractivity contribution is 0.0487. The van der Waals surface area contributed by atoms with Crippen LogP contribution in [0.4, 0.5) is 0 Å². The summed E-state index contributed by atoms with van der Waals surface area (Å²) < 4.78 is 13.4. The van der Waals surface area contributed by atoms with E-state index in [0.29, 0.717) is 31.2 Å². The Bertz CT molecular complexity index is 987. The van der Waals surface area contributed by atoms with Gasteiger partial charge in [-0.05, 0) is 31.5 Å². The van der Waals surface area contributed by atoms with Crippen molar-refractivity contribution in [2.75, 3.05) is 26.2 Å². The summed E-state index contributed by atoms with van der Waals surface area (Å²) in [5, 5.41) is 0. The summed E-state index contributed by atoms with van der Waals surface area (Å²) in [6, 6.07) is 14.0. The summed E-state index contributed by atoms with van der Waals surface area (Å²) in [4.78, 5) is 21.8. The molecule has 31 heavy (non-hydrogen) atoms. The monoisotopic (exact) mass is 422 g/mol. The Labute approximate surface area is 183 Å². The fourth-order valence-corrected chi connectivity index (χ4v) is 3.96. The van der Waals surface area contributed by atoms with Crippen molar-refractivity contribution in [2.45, 2.75) is 32.6 Å². The van der Waals surface area contributed by atoms with Gasteiger partial charge >= 0.3 is 0 Å². The highest BCUT2D eigenvalue weighted by atomic mass is 16.5. The van der Waals surface area contributed by atoms with Crippen LogP contribution in [0.3, 0.4) is 0 Å². The zero-order valence-corrected chi connectivity index (χ0v) is 18.4. The Kier molecular flexibility index (Phi) is 6.53. The lowest BCUT2D eigenvalue weighted by Crippen LogP contribution is -2.50. The van der Waals surface area contributed by atoms with Crippen molar-refractivity contribution < 1.29 is 13.9 Å². The van der Waals surface area contributed by atoms with Crippen LogP contribution < -0.4 is 0 Å². The largest absolute Gasteiger partial charge is 0.453 e. The van der Waals surface area contributed by atoms with E-state index in [1.54, 1.807) is 6.07 Å². The van der Waals surface area contributed by atoms with E-state index in [4.69, 9.17) is 9.15 Å². The molecule has 3 aromatic rings. The Morgan fingerprint density at radius 3 is 2.48 bits per heavy atom. The number of imidazole rings is 1. The summed E-state index contributed by atoms with van der Waals surface area (Å²) >= 11 is 0. The molecule has 1 amide bonds. The number of amides is 1. The molecule has 1 aliphatic rings. The minimum atomic E-state index is -0.0660. The summed E-state index contributed by atoms with van der Waals surface area (Å²) in [5.74, 6) is 1.99. The first-order chi connectivity index (χ1) is 15.0. The molecule has 0 spiro atoms. The van der Waals surface area contributed by atoms with Crippen molar-refractivity contribution in [1.82, 2.24) is 19.4 Å². The molecule has 0 radical (unpaired) electrons. The smallest absolute Gasteiger partial charge is 0.289 e. The number of carbonyl (C=O) groups is 1. The predicted molar refractivity (Wildman–Crippen MR) is 118 cm³/mol. The SMILES string of the molecule is CC(C)OCc1ccc(C(=O)N2CCN([C@@H](c3ccccc3)c3nccn3C)CC2)o1. The Balaban J connectivity index is 1.43. The number of piperazine rings is 1. The van der Waals surface area contributed by atoms with E-state index >= 15 is 0 Å². The zero-order chi connectivity index (χ0) is 21.8. The molecule has 2 aromatic heterocycles. The Hall–Kier alpha value is -2.90. The predicted octanol–water partition coefficient (Wildman–Crippen LogP) is 3.49. The fourth-order valence-electron chi connectivity index (χ4n) is 3.96. The van der Waals surface area contributed by atoms with E-state index in [1.807, 2.05) is 50.3 Å². The second kappa shape index (κ2) is 9.49. The van der Waals surface area contributed by atoms with Gasteiger partial charge in [-0.2, -0.15) is 0 Å². The number of aryl methyl sites for hydroxylation is 1. The van der Waals surface area contributed by atoms with E-state index in [9.17, 15) is 4.79 Å². The number of furan rings is 1. The molecular weight excluding hydrogens is 392 g/mol. The molecule has 7 heteroatoms. The van der Waals surface area contributed by atoms with Gasteiger partial charge in [0.05, 0.1) is 12.1 Å². The number of aromatic nitrogens is 2. The van der Waals surface area contributed by atoms with E-state index < -0.39 is 0 Å². The minimum Gasteiger partial charge on any atom is -0.453 e. The summed E-state index contributed by atoms with van der Waals surface area (Å²) in [6.45, 7) is 7.14. The second-order valence-electron chi connectivity index (χ2n) is 8.16. The van der Waals surface area contributed by atoms with Crippen LogP contribution in [0.1, 0.15) is 47.6 Å². The van der Waals surface area contributed by atoms with E-state index in [1.165, 1.54) is 5.56 Å². The molecule has 0 N–H and O–H groups in total. The summed E-state index contributed by atoms with van der Waals surface area (Å²) in [7, 11) is 2.02. The molecule has 1 fully saturated rings. The molecule has 4 rings (SSSR count). The van der Waals surface area contributed by atoms with Crippen LogP contribution in [-0.2, 0) is 18.4 Å². The van der Waals surface area contributed by atoms with Gasteiger partial charge in [0.2, 0.25) is 0 Å². The highest BCUT2D eigenvalue weighted by Gasteiger charge is 2.31. The van der Waals surface area contributed by atoms with Crippen LogP contribution in [0.15, 0.2) is 59.3 Å². The van der Waals surface area contributed by atoms with Gasteiger partial charge < -0.3 is 18.6 Å². The highest BCUT2D eigenvalue weighted by molar-refractivity contribution is 5.91. The van der Waals surface area contributed by atoms with Gasteiger partial charge in [0.15, 0.2) is 5.76 Å². The number of nitrogens with zero attached hydrogens (tertiary/aromatic N) is 4. The van der Waals surface area contributed by atoms with Gasteiger partial charge in [0, 0.05) is 45.6 Å².